The van der Waals surface area contributed by atoms with Crippen molar-refractivity contribution in [3.05, 3.63) is 18.0 Å². The van der Waals surface area contributed by atoms with E-state index in [4.69, 9.17) is 5.73 Å². The van der Waals surface area contributed by atoms with Gasteiger partial charge in [-0.05, 0) is 18.9 Å². The van der Waals surface area contributed by atoms with E-state index in [9.17, 15) is 13.2 Å². The Hall–Kier alpha value is -1.38. The Morgan fingerprint density at radius 2 is 2.05 bits per heavy atom. The maximum absolute atomic E-state index is 12.5. The average Bonchev–Trinajstić information content (AvgIpc) is 2.80. The fourth-order valence-corrected chi connectivity index (χ4v) is 3.41. The van der Waals surface area contributed by atoms with Crippen LogP contribution in [0.15, 0.2) is 17.2 Å². The van der Waals surface area contributed by atoms with Crippen molar-refractivity contribution >= 4 is 15.9 Å². The number of carbonyl (C=O) groups excluding carboxylic acids is 1. The largest absolute Gasteiger partial charge is 0.354 e. The third-order valence-corrected chi connectivity index (χ3v) is 5.39. The molecule has 0 spiro atoms. The first-order valence-corrected chi connectivity index (χ1v) is 8.18. The van der Waals surface area contributed by atoms with Crippen molar-refractivity contribution in [1.82, 2.24) is 14.6 Å². The zero-order valence-corrected chi connectivity index (χ0v) is 13.9. The number of sulfonamides is 1. The zero-order chi connectivity index (χ0) is 16.4. The number of rotatable bonds is 6. The SMILES string of the molecule is CNC(=O)c1cc(S(=O)(=O)NC(C)(CN)C(C)C)cn1C. The second-order valence-electron chi connectivity index (χ2n) is 5.63. The summed E-state index contributed by atoms with van der Waals surface area (Å²) < 4.78 is 29.1. The van der Waals surface area contributed by atoms with E-state index in [2.05, 4.69) is 10.0 Å². The number of aryl methyl sites for hydroxylation is 1. The average molecular weight is 316 g/mol. The third kappa shape index (κ3) is 3.63. The highest BCUT2D eigenvalue weighted by Crippen LogP contribution is 2.20. The van der Waals surface area contributed by atoms with Crippen LogP contribution in [0.1, 0.15) is 31.3 Å². The lowest BCUT2D eigenvalue weighted by molar-refractivity contribution is 0.0955. The third-order valence-electron chi connectivity index (χ3n) is 3.82. The molecule has 1 amide bonds. The van der Waals surface area contributed by atoms with Crippen LogP contribution in [0.2, 0.25) is 0 Å². The highest BCUT2D eigenvalue weighted by atomic mass is 32.2. The molecule has 1 atom stereocenters. The molecule has 21 heavy (non-hydrogen) atoms. The van der Waals surface area contributed by atoms with Gasteiger partial charge in [-0.2, -0.15) is 0 Å². The standard InChI is InChI=1S/C13H24N4O3S/c1-9(2)13(3,8-14)16-21(19,20)10-6-11(12(18)15-4)17(5)7-10/h6-7,9,16H,8,14H2,1-5H3,(H,15,18). The summed E-state index contributed by atoms with van der Waals surface area (Å²) in [4.78, 5) is 11.7. The Kier molecular flexibility index (Phi) is 5.19. The van der Waals surface area contributed by atoms with Crippen LogP contribution in [0.4, 0.5) is 0 Å². The van der Waals surface area contributed by atoms with Gasteiger partial charge in [-0.1, -0.05) is 13.8 Å². The molecule has 0 aliphatic carbocycles. The van der Waals surface area contributed by atoms with Crippen LogP contribution in [-0.4, -0.2) is 38.0 Å². The second-order valence-corrected chi connectivity index (χ2v) is 7.32. The lowest BCUT2D eigenvalue weighted by Crippen LogP contribution is -2.54. The summed E-state index contributed by atoms with van der Waals surface area (Å²) in [6, 6.07) is 1.35. The number of hydrogen-bond donors (Lipinski definition) is 3. The van der Waals surface area contributed by atoms with Gasteiger partial charge in [0.15, 0.2) is 0 Å². The molecular formula is C13H24N4O3S. The minimum Gasteiger partial charge on any atom is -0.354 e. The van der Waals surface area contributed by atoms with Gasteiger partial charge in [-0.3, -0.25) is 4.79 Å². The molecule has 7 nitrogen and oxygen atoms in total. The van der Waals surface area contributed by atoms with E-state index < -0.39 is 15.6 Å². The smallest absolute Gasteiger partial charge is 0.267 e. The van der Waals surface area contributed by atoms with E-state index in [-0.39, 0.29) is 29.0 Å². The van der Waals surface area contributed by atoms with Crippen LogP contribution < -0.4 is 15.8 Å². The molecule has 4 N–H and O–H groups in total. The topological polar surface area (TPSA) is 106 Å². The molecule has 0 aliphatic heterocycles. The van der Waals surface area contributed by atoms with Crippen molar-refractivity contribution in [3.63, 3.8) is 0 Å². The molecule has 120 valence electrons. The van der Waals surface area contributed by atoms with Crippen molar-refractivity contribution in [2.24, 2.45) is 18.7 Å². The summed E-state index contributed by atoms with van der Waals surface area (Å²) in [7, 11) is -0.638. The summed E-state index contributed by atoms with van der Waals surface area (Å²) in [5, 5.41) is 2.47. The van der Waals surface area contributed by atoms with Crippen molar-refractivity contribution in [1.29, 1.82) is 0 Å². The van der Waals surface area contributed by atoms with E-state index in [0.29, 0.717) is 0 Å². The maximum atomic E-state index is 12.5. The van der Waals surface area contributed by atoms with Gasteiger partial charge < -0.3 is 15.6 Å². The molecule has 0 aliphatic rings. The molecule has 1 heterocycles. The predicted octanol–water partition coefficient (Wildman–Crippen LogP) is 0.0364. The molecule has 0 fully saturated rings. The predicted molar refractivity (Wildman–Crippen MR) is 81.4 cm³/mol. The minimum absolute atomic E-state index is 0.0272. The van der Waals surface area contributed by atoms with Crippen LogP contribution >= 0.6 is 0 Å². The van der Waals surface area contributed by atoms with E-state index in [1.54, 1.807) is 14.0 Å². The van der Waals surface area contributed by atoms with E-state index in [0.717, 1.165) is 0 Å². The molecular weight excluding hydrogens is 292 g/mol. The lowest BCUT2D eigenvalue weighted by atomic mass is 9.90. The van der Waals surface area contributed by atoms with Crippen LogP contribution in [0.25, 0.3) is 0 Å². The monoisotopic (exact) mass is 316 g/mol. The van der Waals surface area contributed by atoms with Crippen molar-refractivity contribution in [2.45, 2.75) is 31.2 Å². The van der Waals surface area contributed by atoms with Crippen molar-refractivity contribution in [2.75, 3.05) is 13.6 Å². The summed E-state index contributed by atoms with van der Waals surface area (Å²) in [5.74, 6) is -0.316. The molecule has 1 aromatic rings. The van der Waals surface area contributed by atoms with Crippen molar-refractivity contribution in [3.8, 4) is 0 Å². The van der Waals surface area contributed by atoms with E-state index >= 15 is 0 Å². The second kappa shape index (κ2) is 6.17. The van der Waals surface area contributed by atoms with Crippen LogP contribution in [0.5, 0.6) is 0 Å². The van der Waals surface area contributed by atoms with Gasteiger partial charge in [0.2, 0.25) is 10.0 Å². The van der Waals surface area contributed by atoms with E-state index in [1.165, 1.54) is 23.9 Å². The first kappa shape index (κ1) is 17.7. The molecule has 0 bridgehead atoms. The van der Waals surface area contributed by atoms with Crippen LogP contribution in [0, 0.1) is 5.92 Å². The van der Waals surface area contributed by atoms with Gasteiger partial charge >= 0.3 is 0 Å². The van der Waals surface area contributed by atoms with E-state index in [1.807, 2.05) is 13.8 Å². The Morgan fingerprint density at radius 1 is 1.48 bits per heavy atom. The lowest BCUT2D eigenvalue weighted by Gasteiger charge is -2.32. The van der Waals surface area contributed by atoms with Crippen LogP contribution in [-0.2, 0) is 17.1 Å². The number of amides is 1. The van der Waals surface area contributed by atoms with Gasteiger partial charge in [-0.15, -0.1) is 0 Å². The Labute approximate surface area is 125 Å². The number of aromatic nitrogens is 1. The Morgan fingerprint density at radius 3 is 2.48 bits per heavy atom. The summed E-state index contributed by atoms with van der Waals surface area (Å²) >= 11 is 0. The van der Waals surface area contributed by atoms with Crippen molar-refractivity contribution < 1.29 is 13.2 Å². The molecule has 0 saturated heterocycles. The number of carbonyl (C=O) groups is 1. The quantitative estimate of drug-likeness (QED) is 0.688. The van der Waals surface area contributed by atoms with Gasteiger partial charge in [0.05, 0.1) is 0 Å². The molecule has 1 unspecified atom stereocenters. The molecule has 0 radical (unpaired) electrons. The molecule has 1 rings (SSSR count). The highest BCUT2D eigenvalue weighted by molar-refractivity contribution is 7.89. The Bertz CT molecular complexity index is 621. The fourth-order valence-electron chi connectivity index (χ4n) is 1.80. The number of hydrogen-bond acceptors (Lipinski definition) is 4. The number of nitrogens with two attached hydrogens (primary N) is 1. The molecule has 0 aromatic carbocycles. The zero-order valence-electron chi connectivity index (χ0n) is 13.1. The molecule has 8 heteroatoms. The number of nitrogens with one attached hydrogen (secondary N) is 2. The Balaban J connectivity index is 3.18. The van der Waals surface area contributed by atoms with Gasteiger partial charge in [0, 0.05) is 32.4 Å². The fraction of sp³-hybridized carbons (Fsp3) is 0.615. The van der Waals surface area contributed by atoms with Gasteiger partial charge in [0.25, 0.3) is 5.91 Å². The maximum Gasteiger partial charge on any atom is 0.267 e. The summed E-state index contributed by atoms with van der Waals surface area (Å²) in [5.41, 5.74) is 5.23. The van der Waals surface area contributed by atoms with Gasteiger partial charge in [-0.25, -0.2) is 13.1 Å². The normalized spacial score (nSPS) is 15.0. The molecule has 0 saturated carbocycles. The summed E-state index contributed by atoms with van der Waals surface area (Å²) in [6.07, 6.45) is 1.41. The highest BCUT2D eigenvalue weighted by Gasteiger charge is 2.33. The first-order chi connectivity index (χ1) is 9.57. The first-order valence-electron chi connectivity index (χ1n) is 6.70. The van der Waals surface area contributed by atoms with Gasteiger partial charge in [0.1, 0.15) is 10.6 Å². The minimum atomic E-state index is -3.75. The van der Waals surface area contributed by atoms with Crippen LogP contribution in [0.3, 0.4) is 0 Å². The summed E-state index contributed by atoms with van der Waals surface area (Å²) in [6.45, 7) is 5.74. The number of nitrogens with zero attached hydrogens (tertiary/aromatic N) is 1. The molecule has 1 aromatic heterocycles.